The Labute approximate surface area is 138 Å². The van der Waals surface area contributed by atoms with Crippen LogP contribution in [0, 0.1) is 5.41 Å². The minimum atomic E-state index is -4.50. The molecule has 1 aromatic heterocycles. The van der Waals surface area contributed by atoms with Gasteiger partial charge in [-0.15, -0.1) is 0 Å². The number of oxazole rings is 1. The van der Waals surface area contributed by atoms with E-state index in [1.165, 1.54) is 0 Å². The van der Waals surface area contributed by atoms with Crippen molar-refractivity contribution in [3.8, 4) is 0 Å². The summed E-state index contributed by atoms with van der Waals surface area (Å²) in [5.41, 5.74) is -0.547. The van der Waals surface area contributed by atoms with Gasteiger partial charge in [-0.2, -0.15) is 13.2 Å². The number of alkyl halides is 3. The summed E-state index contributed by atoms with van der Waals surface area (Å²) in [7, 11) is 0. The van der Waals surface area contributed by atoms with Crippen molar-refractivity contribution in [2.24, 2.45) is 5.41 Å². The van der Waals surface area contributed by atoms with E-state index in [1.807, 2.05) is 13.8 Å². The second-order valence-corrected chi connectivity index (χ2v) is 6.96. The number of hydrogen-bond acceptors (Lipinski definition) is 4. The van der Waals surface area contributed by atoms with Crippen molar-refractivity contribution in [1.29, 1.82) is 0 Å². The number of hydrogen-bond donors (Lipinski definition) is 2. The average molecular weight is 342 g/mol. The van der Waals surface area contributed by atoms with Crippen molar-refractivity contribution in [2.75, 3.05) is 0 Å². The van der Waals surface area contributed by atoms with Crippen molar-refractivity contribution < 1.29 is 22.7 Å². The highest BCUT2D eigenvalue weighted by Gasteiger charge is 2.46. The van der Waals surface area contributed by atoms with Crippen LogP contribution < -0.4 is 5.32 Å². The molecule has 1 saturated carbocycles. The van der Waals surface area contributed by atoms with Crippen LogP contribution in [0.25, 0.3) is 11.1 Å². The van der Waals surface area contributed by atoms with Crippen molar-refractivity contribution in [1.82, 2.24) is 10.3 Å². The van der Waals surface area contributed by atoms with Gasteiger partial charge in [0, 0.05) is 24.4 Å². The van der Waals surface area contributed by atoms with Crippen LogP contribution >= 0.6 is 0 Å². The maximum atomic E-state index is 13.3. The van der Waals surface area contributed by atoms with Crippen LogP contribution in [-0.4, -0.2) is 22.2 Å². The Morgan fingerprint density at radius 3 is 2.62 bits per heavy atom. The van der Waals surface area contributed by atoms with E-state index in [2.05, 4.69) is 10.3 Å². The maximum absolute atomic E-state index is 13.3. The lowest BCUT2D eigenvalue weighted by Gasteiger charge is -2.49. The third-order valence-electron chi connectivity index (χ3n) is 4.97. The molecule has 1 aliphatic carbocycles. The Kier molecular flexibility index (Phi) is 4.12. The summed E-state index contributed by atoms with van der Waals surface area (Å²) in [4.78, 5) is 4.13. The molecule has 4 nitrogen and oxygen atoms in total. The largest absolute Gasteiger partial charge is 0.440 e. The lowest BCUT2D eigenvalue weighted by Crippen LogP contribution is -2.59. The fourth-order valence-corrected chi connectivity index (χ4v) is 3.09. The van der Waals surface area contributed by atoms with E-state index in [1.54, 1.807) is 13.0 Å². The molecule has 1 heterocycles. The molecule has 1 aromatic carbocycles. The number of benzene rings is 1. The van der Waals surface area contributed by atoms with E-state index < -0.39 is 11.7 Å². The predicted octanol–water partition coefficient (Wildman–Crippen LogP) is 3.66. The monoisotopic (exact) mass is 342 g/mol. The number of aliphatic hydroxyl groups excluding tert-OH is 1. The molecule has 2 aromatic rings. The summed E-state index contributed by atoms with van der Waals surface area (Å²) in [6, 6.07) is 2.81. The van der Waals surface area contributed by atoms with Crippen molar-refractivity contribution >= 4 is 11.1 Å². The number of rotatable bonds is 4. The molecule has 132 valence electrons. The van der Waals surface area contributed by atoms with Crippen molar-refractivity contribution in [3.63, 3.8) is 0 Å². The van der Waals surface area contributed by atoms with E-state index in [0.717, 1.165) is 6.07 Å². The first-order valence-corrected chi connectivity index (χ1v) is 8.04. The lowest BCUT2D eigenvalue weighted by molar-refractivity contribution is -0.136. The molecule has 1 aliphatic rings. The fourth-order valence-electron chi connectivity index (χ4n) is 3.09. The summed E-state index contributed by atoms with van der Waals surface area (Å²) in [6.07, 6.45) is -3.84. The first-order valence-electron chi connectivity index (χ1n) is 8.04. The van der Waals surface area contributed by atoms with E-state index in [0.29, 0.717) is 24.3 Å². The topological polar surface area (TPSA) is 58.3 Å². The zero-order valence-electron chi connectivity index (χ0n) is 13.9. The molecule has 0 aliphatic heterocycles. The number of nitrogens with zero attached hydrogens (tertiary/aromatic N) is 1. The molecule has 0 radical (unpaired) electrons. The number of fused-ring (bicyclic) bond motifs is 1. The number of aromatic nitrogens is 1. The van der Waals surface area contributed by atoms with Gasteiger partial charge in [0.2, 0.25) is 0 Å². The van der Waals surface area contributed by atoms with Crippen LogP contribution in [0.1, 0.15) is 44.2 Å². The van der Waals surface area contributed by atoms with E-state index in [-0.39, 0.29) is 35.2 Å². The third kappa shape index (κ3) is 2.91. The third-order valence-corrected chi connectivity index (χ3v) is 4.97. The number of halogens is 3. The van der Waals surface area contributed by atoms with Gasteiger partial charge in [-0.3, -0.25) is 0 Å². The van der Waals surface area contributed by atoms with Crippen LogP contribution in [0.15, 0.2) is 16.5 Å². The first kappa shape index (κ1) is 17.2. The Hall–Kier alpha value is -1.60. The van der Waals surface area contributed by atoms with Gasteiger partial charge in [0.15, 0.2) is 11.5 Å². The Morgan fingerprint density at radius 1 is 1.38 bits per heavy atom. The number of nitrogens with one attached hydrogen (secondary N) is 1. The molecule has 0 spiro atoms. The van der Waals surface area contributed by atoms with Gasteiger partial charge < -0.3 is 14.8 Å². The smallest absolute Gasteiger partial charge is 0.420 e. The summed E-state index contributed by atoms with van der Waals surface area (Å²) in [5.74, 6) is 0.295. The molecule has 3 rings (SSSR count). The molecule has 2 atom stereocenters. The molecule has 0 bridgehead atoms. The second kappa shape index (κ2) is 5.74. The van der Waals surface area contributed by atoms with Crippen LogP contribution in [0.5, 0.6) is 0 Å². The molecule has 0 saturated heterocycles. The van der Waals surface area contributed by atoms with Gasteiger partial charge in [-0.05, 0) is 24.1 Å². The molecule has 2 N–H and O–H groups in total. The second-order valence-electron chi connectivity index (χ2n) is 6.96. The van der Waals surface area contributed by atoms with Gasteiger partial charge in [0.25, 0.3) is 0 Å². The SMILES string of the molecule is CCc1nc2cc(CN[C@H]3C[C@@H](O)C3(C)C)cc(C(F)(F)F)c2o1. The standard InChI is InChI=1S/C17H21F3N2O2/c1-4-14-22-11-6-9(5-10(15(11)24-14)17(18,19)20)8-21-12-7-13(23)16(12,2)3/h5-6,12-13,21,23H,4,7-8H2,1-3H3/t12-,13+/m0/s1. The van der Waals surface area contributed by atoms with Gasteiger partial charge in [0.1, 0.15) is 11.1 Å². The van der Waals surface area contributed by atoms with Crippen molar-refractivity contribution in [3.05, 3.63) is 29.2 Å². The van der Waals surface area contributed by atoms with Gasteiger partial charge >= 0.3 is 6.18 Å². The van der Waals surface area contributed by atoms with E-state index in [9.17, 15) is 18.3 Å². The fraction of sp³-hybridized carbons (Fsp3) is 0.588. The Balaban J connectivity index is 1.88. The zero-order valence-corrected chi connectivity index (χ0v) is 13.9. The Bertz CT molecular complexity index is 752. The summed E-state index contributed by atoms with van der Waals surface area (Å²) >= 11 is 0. The zero-order chi connectivity index (χ0) is 17.7. The predicted molar refractivity (Wildman–Crippen MR) is 83.4 cm³/mol. The quantitative estimate of drug-likeness (QED) is 0.890. The first-order chi connectivity index (χ1) is 11.1. The lowest BCUT2D eigenvalue weighted by atomic mass is 9.64. The van der Waals surface area contributed by atoms with Gasteiger partial charge in [-0.25, -0.2) is 4.98 Å². The van der Waals surface area contributed by atoms with Crippen LogP contribution in [0.2, 0.25) is 0 Å². The Morgan fingerprint density at radius 2 is 2.08 bits per heavy atom. The average Bonchev–Trinajstić information content (AvgIpc) is 2.92. The molecule has 24 heavy (non-hydrogen) atoms. The highest BCUT2D eigenvalue weighted by Crippen LogP contribution is 2.41. The molecule has 1 fully saturated rings. The molecular weight excluding hydrogens is 321 g/mol. The molecule has 0 amide bonds. The summed E-state index contributed by atoms with van der Waals surface area (Å²) < 4.78 is 45.2. The highest BCUT2D eigenvalue weighted by molar-refractivity contribution is 5.78. The molecule has 0 unspecified atom stereocenters. The van der Waals surface area contributed by atoms with Crippen LogP contribution in [0.4, 0.5) is 13.2 Å². The van der Waals surface area contributed by atoms with Gasteiger partial charge in [0.05, 0.1) is 6.10 Å². The number of aliphatic hydroxyl groups is 1. The summed E-state index contributed by atoms with van der Waals surface area (Å²) in [5, 5.41) is 13.0. The molecular formula is C17H21F3N2O2. The minimum Gasteiger partial charge on any atom is -0.440 e. The molecule has 7 heteroatoms. The maximum Gasteiger partial charge on any atom is 0.420 e. The normalized spacial score (nSPS) is 23.5. The summed E-state index contributed by atoms with van der Waals surface area (Å²) in [6.45, 7) is 5.95. The van der Waals surface area contributed by atoms with Crippen LogP contribution in [0.3, 0.4) is 0 Å². The van der Waals surface area contributed by atoms with E-state index in [4.69, 9.17) is 4.42 Å². The number of aryl methyl sites for hydroxylation is 1. The van der Waals surface area contributed by atoms with Crippen molar-refractivity contribution in [2.45, 2.75) is 58.5 Å². The van der Waals surface area contributed by atoms with E-state index >= 15 is 0 Å². The van der Waals surface area contributed by atoms with Gasteiger partial charge in [-0.1, -0.05) is 20.8 Å². The van der Waals surface area contributed by atoms with Crippen LogP contribution in [-0.2, 0) is 19.1 Å². The highest BCUT2D eigenvalue weighted by atomic mass is 19.4. The minimum absolute atomic E-state index is 0.0704.